The first-order valence-electron chi connectivity index (χ1n) is 8.53. The van der Waals surface area contributed by atoms with Gasteiger partial charge in [-0.2, -0.15) is 5.10 Å². The number of anilines is 1. The summed E-state index contributed by atoms with van der Waals surface area (Å²) >= 11 is 0. The Bertz CT molecular complexity index is 1270. The largest absolute Gasteiger partial charge is 0.361 e. The number of aromatic nitrogens is 2. The summed E-state index contributed by atoms with van der Waals surface area (Å²) in [7, 11) is 0. The Kier molecular flexibility index (Phi) is 3.39. The van der Waals surface area contributed by atoms with E-state index in [2.05, 4.69) is 45.8 Å². The molecule has 3 aromatic carbocycles. The van der Waals surface area contributed by atoms with Crippen LogP contribution < -0.4 is 5.43 Å². The van der Waals surface area contributed by atoms with Gasteiger partial charge in [0, 0.05) is 33.4 Å². The van der Waals surface area contributed by atoms with Gasteiger partial charge in [-0.1, -0.05) is 60.7 Å². The van der Waals surface area contributed by atoms with Crippen LogP contribution in [0.3, 0.4) is 0 Å². The Labute approximate surface area is 150 Å². The van der Waals surface area contributed by atoms with E-state index in [0.717, 1.165) is 38.6 Å². The third kappa shape index (κ3) is 2.40. The molecule has 5 aromatic rings. The van der Waals surface area contributed by atoms with Crippen molar-refractivity contribution in [2.45, 2.75) is 0 Å². The average Bonchev–Trinajstić information content (AvgIpc) is 3.11. The lowest BCUT2D eigenvalue weighted by molar-refractivity contribution is 1.28. The Balaban J connectivity index is 1.56. The molecule has 0 radical (unpaired) electrons. The second-order valence-corrected chi connectivity index (χ2v) is 6.18. The number of benzene rings is 3. The highest BCUT2D eigenvalue weighted by molar-refractivity contribution is 6.10. The molecule has 2 heterocycles. The van der Waals surface area contributed by atoms with Crippen molar-refractivity contribution in [1.82, 2.24) is 9.97 Å². The van der Waals surface area contributed by atoms with Gasteiger partial charge in [0.2, 0.25) is 0 Å². The Morgan fingerprint density at radius 3 is 2.35 bits per heavy atom. The normalized spacial score (nSPS) is 11.7. The standard InChI is InChI=1S/C22H16N4/c1-2-10-19-17(8-1)18-9-4-6-12-21(18)25-22(19)26-24-14-15-13-23-20-11-5-3-7-16(15)20/h1-14,23H,(H,25,26)/b24-14+. The smallest absolute Gasteiger partial charge is 0.154 e. The lowest BCUT2D eigenvalue weighted by atomic mass is 10.1. The summed E-state index contributed by atoms with van der Waals surface area (Å²) in [4.78, 5) is 8.01. The third-order valence-electron chi connectivity index (χ3n) is 4.60. The van der Waals surface area contributed by atoms with Crippen molar-refractivity contribution >= 4 is 44.6 Å². The number of rotatable bonds is 3. The summed E-state index contributed by atoms with van der Waals surface area (Å²) in [6.07, 6.45) is 3.78. The number of H-pyrrole nitrogens is 1. The van der Waals surface area contributed by atoms with E-state index in [1.807, 2.05) is 54.9 Å². The number of nitrogens with zero attached hydrogens (tertiary/aromatic N) is 2. The number of nitrogens with one attached hydrogen (secondary N) is 2. The molecule has 26 heavy (non-hydrogen) atoms. The number of hydrogen-bond acceptors (Lipinski definition) is 3. The molecular formula is C22H16N4. The lowest BCUT2D eigenvalue weighted by Gasteiger charge is -2.08. The van der Waals surface area contributed by atoms with Crippen LogP contribution in [0.15, 0.2) is 84.1 Å². The van der Waals surface area contributed by atoms with Crippen molar-refractivity contribution < 1.29 is 0 Å². The van der Waals surface area contributed by atoms with Crippen LogP contribution in [0, 0.1) is 0 Å². The molecule has 2 N–H and O–H groups in total. The van der Waals surface area contributed by atoms with E-state index in [9.17, 15) is 0 Å². The molecule has 4 heteroatoms. The van der Waals surface area contributed by atoms with Crippen molar-refractivity contribution in [2.24, 2.45) is 5.10 Å². The summed E-state index contributed by atoms with van der Waals surface area (Å²) < 4.78 is 0. The first kappa shape index (κ1) is 14.7. The third-order valence-corrected chi connectivity index (χ3v) is 4.60. The predicted octanol–water partition coefficient (Wildman–Crippen LogP) is 5.32. The van der Waals surface area contributed by atoms with Crippen LogP contribution in [-0.4, -0.2) is 16.2 Å². The van der Waals surface area contributed by atoms with Gasteiger partial charge in [-0.25, -0.2) is 4.98 Å². The zero-order valence-corrected chi connectivity index (χ0v) is 14.0. The monoisotopic (exact) mass is 336 g/mol. The van der Waals surface area contributed by atoms with E-state index in [4.69, 9.17) is 4.98 Å². The second-order valence-electron chi connectivity index (χ2n) is 6.18. The number of hydrogen-bond donors (Lipinski definition) is 2. The van der Waals surface area contributed by atoms with Crippen LogP contribution in [-0.2, 0) is 0 Å². The predicted molar refractivity (Wildman–Crippen MR) is 109 cm³/mol. The second kappa shape index (κ2) is 6.01. The number of fused-ring (bicyclic) bond motifs is 4. The van der Waals surface area contributed by atoms with Crippen LogP contribution >= 0.6 is 0 Å². The molecule has 0 bridgehead atoms. The minimum absolute atomic E-state index is 0.760. The highest BCUT2D eigenvalue weighted by atomic mass is 15.3. The van der Waals surface area contributed by atoms with Crippen molar-refractivity contribution in [3.8, 4) is 0 Å². The molecule has 0 aliphatic heterocycles. The van der Waals surface area contributed by atoms with Gasteiger partial charge < -0.3 is 4.98 Å². The van der Waals surface area contributed by atoms with Gasteiger partial charge >= 0.3 is 0 Å². The molecule has 0 aliphatic carbocycles. The Morgan fingerprint density at radius 1 is 0.769 bits per heavy atom. The van der Waals surface area contributed by atoms with Crippen molar-refractivity contribution in [2.75, 3.05) is 5.43 Å². The maximum atomic E-state index is 4.75. The molecule has 0 unspecified atom stereocenters. The molecule has 0 aliphatic rings. The summed E-state index contributed by atoms with van der Waals surface area (Å²) in [5.41, 5.74) is 6.22. The number of para-hydroxylation sites is 2. The van der Waals surface area contributed by atoms with Gasteiger partial charge in [-0.3, -0.25) is 5.43 Å². The first-order chi connectivity index (χ1) is 12.9. The van der Waals surface area contributed by atoms with Gasteiger partial charge in [-0.15, -0.1) is 0 Å². The van der Waals surface area contributed by atoms with Gasteiger partial charge in [0.1, 0.15) is 0 Å². The van der Waals surface area contributed by atoms with Gasteiger partial charge in [0.05, 0.1) is 11.7 Å². The maximum Gasteiger partial charge on any atom is 0.154 e. The van der Waals surface area contributed by atoms with Gasteiger partial charge in [-0.05, 0) is 17.5 Å². The summed E-state index contributed by atoms with van der Waals surface area (Å²) in [6.45, 7) is 0. The number of hydrazone groups is 1. The molecule has 0 atom stereocenters. The van der Waals surface area contributed by atoms with E-state index >= 15 is 0 Å². The van der Waals surface area contributed by atoms with Crippen LogP contribution in [0.2, 0.25) is 0 Å². The topological polar surface area (TPSA) is 53.1 Å². The number of pyridine rings is 1. The highest BCUT2D eigenvalue weighted by Gasteiger charge is 2.07. The quantitative estimate of drug-likeness (QED) is 0.266. The Morgan fingerprint density at radius 2 is 1.46 bits per heavy atom. The maximum absolute atomic E-state index is 4.75. The molecule has 124 valence electrons. The van der Waals surface area contributed by atoms with E-state index < -0.39 is 0 Å². The van der Waals surface area contributed by atoms with Crippen molar-refractivity contribution in [3.05, 3.63) is 84.6 Å². The van der Waals surface area contributed by atoms with Gasteiger partial charge in [0.25, 0.3) is 0 Å². The van der Waals surface area contributed by atoms with Crippen LogP contribution in [0.4, 0.5) is 5.82 Å². The van der Waals surface area contributed by atoms with E-state index in [0.29, 0.717) is 0 Å². The molecule has 4 nitrogen and oxygen atoms in total. The minimum Gasteiger partial charge on any atom is -0.361 e. The van der Waals surface area contributed by atoms with Crippen LogP contribution in [0.5, 0.6) is 0 Å². The molecule has 0 amide bonds. The molecular weight excluding hydrogens is 320 g/mol. The zero-order valence-electron chi connectivity index (χ0n) is 14.0. The van der Waals surface area contributed by atoms with Crippen molar-refractivity contribution in [1.29, 1.82) is 0 Å². The Hall–Kier alpha value is -3.66. The molecule has 2 aromatic heterocycles. The highest BCUT2D eigenvalue weighted by Crippen LogP contribution is 2.29. The SMILES string of the molecule is C(=N\Nc1nc2ccccc2c2ccccc12)/c1c[nH]c2ccccc12. The molecule has 0 spiro atoms. The summed E-state index contributed by atoms with van der Waals surface area (Å²) in [6, 6.07) is 24.6. The lowest BCUT2D eigenvalue weighted by Crippen LogP contribution is -1.96. The fourth-order valence-corrected chi connectivity index (χ4v) is 3.35. The van der Waals surface area contributed by atoms with E-state index in [-0.39, 0.29) is 0 Å². The molecule has 5 rings (SSSR count). The number of aromatic amines is 1. The fraction of sp³-hybridized carbons (Fsp3) is 0. The van der Waals surface area contributed by atoms with Crippen molar-refractivity contribution in [3.63, 3.8) is 0 Å². The van der Waals surface area contributed by atoms with E-state index in [1.165, 1.54) is 5.39 Å². The van der Waals surface area contributed by atoms with Gasteiger partial charge in [0.15, 0.2) is 5.82 Å². The average molecular weight is 336 g/mol. The molecule has 0 saturated heterocycles. The van der Waals surface area contributed by atoms with Crippen LogP contribution in [0.25, 0.3) is 32.6 Å². The summed E-state index contributed by atoms with van der Waals surface area (Å²) in [5.74, 6) is 0.760. The summed E-state index contributed by atoms with van der Waals surface area (Å²) in [5, 5.41) is 8.96. The minimum atomic E-state index is 0.760. The first-order valence-corrected chi connectivity index (χ1v) is 8.53. The molecule has 0 fully saturated rings. The fourth-order valence-electron chi connectivity index (χ4n) is 3.35. The van der Waals surface area contributed by atoms with E-state index in [1.54, 1.807) is 0 Å². The zero-order chi connectivity index (χ0) is 17.3. The van der Waals surface area contributed by atoms with Crippen LogP contribution in [0.1, 0.15) is 5.56 Å². The molecule has 0 saturated carbocycles.